The number of nitrogens with one attached hydrogen (secondary N) is 3. The number of halogens is 4. The lowest BCUT2D eigenvalue weighted by molar-refractivity contribution is -0.137. The Morgan fingerprint density at radius 1 is 1.02 bits per heavy atom. The first-order valence-electron chi connectivity index (χ1n) is 13.0. The molecule has 0 bridgehead atoms. The number of hydrogen-bond donors (Lipinski definition) is 3. The van der Waals surface area contributed by atoms with Gasteiger partial charge in [0.15, 0.2) is 5.82 Å². The fourth-order valence-corrected chi connectivity index (χ4v) is 5.02. The van der Waals surface area contributed by atoms with Crippen LogP contribution in [0, 0.1) is 5.92 Å². The van der Waals surface area contributed by atoms with E-state index in [2.05, 4.69) is 30.9 Å². The molecule has 12 heteroatoms. The number of amides is 2. The molecule has 4 aromatic rings. The van der Waals surface area contributed by atoms with Gasteiger partial charge in [-0.05, 0) is 54.8 Å². The highest BCUT2D eigenvalue weighted by molar-refractivity contribution is 6.34. The van der Waals surface area contributed by atoms with Gasteiger partial charge in [0, 0.05) is 48.5 Å². The number of carbonyl (C=O) groups excluding carboxylic acids is 2. The van der Waals surface area contributed by atoms with Crippen molar-refractivity contribution < 1.29 is 22.8 Å². The van der Waals surface area contributed by atoms with Crippen LogP contribution in [0.3, 0.4) is 0 Å². The monoisotopic (exact) mass is 582 g/mol. The molecule has 1 aliphatic carbocycles. The summed E-state index contributed by atoms with van der Waals surface area (Å²) in [6, 6.07) is 10.9. The summed E-state index contributed by atoms with van der Waals surface area (Å²) in [4.78, 5) is 38.1. The van der Waals surface area contributed by atoms with Crippen LogP contribution in [0.5, 0.6) is 0 Å². The van der Waals surface area contributed by atoms with Crippen LogP contribution in [0.4, 0.5) is 24.7 Å². The molecule has 0 atom stereocenters. The summed E-state index contributed by atoms with van der Waals surface area (Å²) in [7, 11) is 1.64. The van der Waals surface area contributed by atoms with E-state index in [1.165, 1.54) is 6.20 Å². The van der Waals surface area contributed by atoms with E-state index in [1.807, 2.05) is 0 Å². The van der Waals surface area contributed by atoms with Crippen molar-refractivity contribution in [2.75, 3.05) is 17.7 Å². The normalized spacial score (nSPS) is 13.8. The van der Waals surface area contributed by atoms with Crippen molar-refractivity contribution in [2.24, 2.45) is 5.92 Å². The Kier molecular flexibility index (Phi) is 8.07. The van der Waals surface area contributed by atoms with E-state index < -0.39 is 17.6 Å². The number of anilines is 2. The van der Waals surface area contributed by atoms with Crippen molar-refractivity contribution in [3.05, 3.63) is 76.6 Å². The summed E-state index contributed by atoms with van der Waals surface area (Å²) in [5.41, 5.74) is 0.930. The SMILES string of the molecule is CNc1nc(-c2cncc(C(F)(F)F)c2)nc2cc(NC(=O)c3cc(CNC(=O)C4CCCC4)ccc3Cl)ccc12. The molecule has 0 unspecified atom stereocenters. The molecule has 0 aliphatic heterocycles. The van der Waals surface area contributed by atoms with Gasteiger partial charge in [0.05, 0.1) is 21.7 Å². The lowest BCUT2D eigenvalue weighted by Crippen LogP contribution is -2.28. The summed E-state index contributed by atoms with van der Waals surface area (Å²) in [6.07, 6.45) is 1.33. The molecule has 1 fully saturated rings. The van der Waals surface area contributed by atoms with E-state index in [9.17, 15) is 22.8 Å². The van der Waals surface area contributed by atoms with Crippen LogP contribution < -0.4 is 16.0 Å². The van der Waals surface area contributed by atoms with Gasteiger partial charge in [-0.15, -0.1) is 0 Å². The Hall–Kier alpha value is -4.25. The highest BCUT2D eigenvalue weighted by Gasteiger charge is 2.31. The van der Waals surface area contributed by atoms with Crippen LogP contribution in [0.25, 0.3) is 22.3 Å². The van der Waals surface area contributed by atoms with Crippen molar-refractivity contribution in [1.29, 1.82) is 0 Å². The zero-order valence-electron chi connectivity index (χ0n) is 22.0. The lowest BCUT2D eigenvalue weighted by Gasteiger charge is -2.13. The molecule has 1 saturated carbocycles. The van der Waals surface area contributed by atoms with Crippen molar-refractivity contribution in [2.45, 2.75) is 38.4 Å². The number of alkyl halides is 3. The van der Waals surface area contributed by atoms with Gasteiger partial charge in [0.2, 0.25) is 5.91 Å². The minimum Gasteiger partial charge on any atom is -0.373 e. The van der Waals surface area contributed by atoms with Crippen LogP contribution in [0.2, 0.25) is 5.02 Å². The average molecular weight is 583 g/mol. The van der Waals surface area contributed by atoms with Crippen LogP contribution in [-0.2, 0) is 17.5 Å². The molecule has 5 rings (SSSR count). The Balaban J connectivity index is 1.38. The highest BCUT2D eigenvalue weighted by Crippen LogP contribution is 2.32. The van der Waals surface area contributed by atoms with Crippen LogP contribution in [0.1, 0.15) is 47.2 Å². The number of benzene rings is 2. The van der Waals surface area contributed by atoms with Gasteiger partial charge in [0.25, 0.3) is 5.91 Å². The lowest BCUT2D eigenvalue weighted by atomic mass is 10.1. The number of carbonyl (C=O) groups is 2. The first kappa shape index (κ1) is 28.3. The first-order chi connectivity index (χ1) is 19.6. The van der Waals surface area contributed by atoms with Crippen molar-refractivity contribution >= 4 is 45.8 Å². The second-order valence-corrected chi connectivity index (χ2v) is 10.2. The maximum atomic E-state index is 13.2. The van der Waals surface area contributed by atoms with Gasteiger partial charge in [-0.2, -0.15) is 13.2 Å². The van der Waals surface area contributed by atoms with Gasteiger partial charge in [0.1, 0.15) is 5.82 Å². The number of hydrogen-bond acceptors (Lipinski definition) is 6. The quantitative estimate of drug-likeness (QED) is 0.231. The predicted molar refractivity (Wildman–Crippen MR) is 151 cm³/mol. The summed E-state index contributed by atoms with van der Waals surface area (Å²) >= 11 is 6.33. The Morgan fingerprint density at radius 2 is 1.80 bits per heavy atom. The van der Waals surface area contributed by atoms with E-state index in [0.717, 1.165) is 43.5 Å². The third-order valence-corrected chi connectivity index (χ3v) is 7.31. The average Bonchev–Trinajstić information content (AvgIpc) is 3.51. The largest absolute Gasteiger partial charge is 0.417 e. The third-order valence-electron chi connectivity index (χ3n) is 6.98. The van der Waals surface area contributed by atoms with Gasteiger partial charge in [-0.3, -0.25) is 14.6 Å². The predicted octanol–water partition coefficient (Wildman–Crippen LogP) is 6.46. The van der Waals surface area contributed by atoms with Crippen LogP contribution in [0.15, 0.2) is 54.9 Å². The van der Waals surface area contributed by atoms with Crippen molar-refractivity contribution in [3.63, 3.8) is 0 Å². The number of nitrogens with zero attached hydrogens (tertiary/aromatic N) is 3. The molecule has 2 heterocycles. The Labute approximate surface area is 238 Å². The molecule has 0 spiro atoms. The van der Waals surface area contributed by atoms with E-state index in [4.69, 9.17) is 11.6 Å². The van der Waals surface area contributed by atoms with Gasteiger partial charge in [-0.25, -0.2) is 9.97 Å². The van der Waals surface area contributed by atoms with Crippen molar-refractivity contribution in [3.8, 4) is 11.4 Å². The molecule has 1 aliphatic rings. The summed E-state index contributed by atoms with van der Waals surface area (Å²) in [6.45, 7) is 0.277. The van der Waals surface area contributed by atoms with E-state index in [1.54, 1.807) is 43.4 Å². The third kappa shape index (κ3) is 6.40. The smallest absolute Gasteiger partial charge is 0.373 e. The zero-order valence-corrected chi connectivity index (χ0v) is 22.7. The molecule has 0 saturated heterocycles. The molecule has 2 amide bonds. The minimum atomic E-state index is -4.57. The second-order valence-electron chi connectivity index (χ2n) is 9.81. The number of aromatic nitrogens is 3. The summed E-state index contributed by atoms with van der Waals surface area (Å²) in [5.74, 6) is 0.0249. The molecule has 3 N–H and O–H groups in total. The number of rotatable bonds is 7. The molecule has 0 radical (unpaired) electrons. The van der Waals surface area contributed by atoms with E-state index >= 15 is 0 Å². The molecular weight excluding hydrogens is 557 g/mol. The Bertz CT molecular complexity index is 1620. The summed E-state index contributed by atoms with van der Waals surface area (Å²) < 4.78 is 39.7. The fourth-order valence-electron chi connectivity index (χ4n) is 4.82. The topological polar surface area (TPSA) is 109 Å². The molecule has 8 nitrogen and oxygen atoms in total. The minimum absolute atomic E-state index is 0.0165. The highest BCUT2D eigenvalue weighted by atomic mass is 35.5. The number of fused-ring (bicyclic) bond motifs is 1. The molecule has 212 valence electrons. The van der Waals surface area contributed by atoms with E-state index in [0.29, 0.717) is 22.4 Å². The van der Waals surface area contributed by atoms with Gasteiger partial charge < -0.3 is 16.0 Å². The van der Waals surface area contributed by atoms with Gasteiger partial charge in [-0.1, -0.05) is 30.5 Å². The van der Waals surface area contributed by atoms with E-state index in [-0.39, 0.29) is 40.3 Å². The Morgan fingerprint density at radius 3 is 2.54 bits per heavy atom. The molecule has 2 aromatic carbocycles. The molecular formula is C29H26ClF3N6O2. The second kappa shape index (κ2) is 11.7. The molecule has 2 aromatic heterocycles. The maximum absolute atomic E-state index is 13.2. The summed E-state index contributed by atoms with van der Waals surface area (Å²) in [5, 5.41) is 9.52. The standard InChI is InChI=1S/C29H26ClF3N6O2/c1-34-26-21-8-7-20(12-24(21)38-25(39-26)18-11-19(15-35-14-18)29(31,32)33)37-28(41)22-10-16(6-9-23(22)30)13-36-27(40)17-4-2-3-5-17/h6-12,14-15,17H,2-5,13H2,1H3,(H,36,40)(H,37,41)(H,34,38,39). The molecule has 41 heavy (non-hydrogen) atoms. The first-order valence-corrected chi connectivity index (χ1v) is 13.4. The number of pyridine rings is 1. The van der Waals surface area contributed by atoms with Crippen LogP contribution >= 0.6 is 11.6 Å². The van der Waals surface area contributed by atoms with Crippen molar-refractivity contribution in [1.82, 2.24) is 20.3 Å². The zero-order chi connectivity index (χ0) is 29.1. The van der Waals surface area contributed by atoms with Crippen LogP contribution in [-0.4, -0.2) is 33.8 Å². The maximum Gasteiger partial charge on any atom is 0.417 e. The van der Waals surface area contributed by atoms with Gasteiger partial charge >= 0.3 is 6.18 Å². The fraction of sp³-hybridized carbons (Fsp3) is 0.276.